The van der Waals surface area contributed by atoms with Crippen molar-refractivity contribution in [3.05, 3.63) is 77.1 Å². The van der Waals surface area contributed by atoms with Gasteiger partial charge in [0.25, 0.3) is 0 Å². The van der Waals surface area contributed by atoms with E-state index in [2.05, 4.69) is 83.4 Å². The fourth-order valence-corrected chi connectivity index (χ4v) is 5.03. The Morgan fingerprint density at radius 1 is 1.09 bits per heavy atom. The minimum atomic E-state index is -0.0471. The fraction of sp³-hybridized carbons (Fsp3) is 0.346. The molecule has 5 nitrogen and oxygen atoms in total. The number of amides is 1. The molecule has 6 heteroatoms. The van der Waals surface area contributed by atoms with Gasteiger partial charge in [-0.3, -0.25) is 4.79 Å². The van der Waals surface area contributed by atoms with Gasteiger partial charge in [-0.1, -0.05) is 47.7 Å². The maximum Gasteiger partial charge on any atom is 0.225 e. The molecule has 1 atom stereocenters. The zero-order valence-electron chi connectivity index (χ0n) is 19.0. The molecule has 4 rings (SSSR count). The summed E-state index contributed by atoms with van der Waals surface area (Å²) in [7, 11) is 0. The van der Waals surface area contributed by atoms with Crippen molar-refractivity contribution in [3.63, 3.8) is 0 Å². The third-order valence-electron chi connectivity index (χ3n) is 5.98. The van der Waals surface area contributed by atoms with E-state index in [-0.39, 0.29) is 11.8 Å². The number of aromatic nitrogens is 2. The fourth-order valence-electron chi connectivity index (χ4n) is 4.03. The Balaban J connectivity index is 1.42. The van der Waals surface area contributed by atoms with E-state index in [0.717, 1.165) is 40.7 Å². The minimum absolute atomic E-state index is 0.0471. The van der Waals surface area contributed by atoms with E-state index in [1.165, 1.54) is 16.7 Å². The SMILES string of the molecule is Cc1cccc(Sc2nccnc2N2CCCC(C(=O)NCc3ccc(C)c(C)c3)C2)c1. The Morgan fingerprint density at radius 3 is 2.75 bits per heavy atom. The predicted octanol–water partition coefficient (Wildman–Crippen LogP) is 5.09. The zero-order valence-corrected chi connectivity index (χ0v) is 19.8. The molecular formula is C26H30N4OS. The number of anilines is 1. The molecule has 1 aliphatic rings. The van der Waals surface area contributed by atoms with Crippen LogP contribution in [0.1, 0.15) is 35.1 Å². The van der Waals surface area contributed by atoms with Crippen LogP contribution in [0, 0.1) is 26.7 Å². The smallest absolute Gasteiger partial charge is 0.225 e. The standard InChI is InChI=1S/C26H30N4OS/c1-18-6-4-8-23(14-18)32-26-24(27-11-12-28-26)30-13-5-7-22(17-30)25(31)29-16-21-10-9-19(2)20(3)15-21/h4,6,8-12,14-15,22H,5,7,13,16-17H2,1-3H3,(H,29,31). The Kier molecular flexibility index (Phi) is 7.10. The van der Waals surface area contributed by atoms with E-state index in [1.54, 1.807) is 24.2 Å². The number of nitrogens with zero attached hydrogens (tertiary/aromatic N) is 3. The second-order valence-electron chi connectivity index (χ2n) is 8.53. The number of carbonyl (C=O) groups excluding carboxylic acids is 1. The van der Waals surface area contributed by atoms with Crippen molar-refractivity contribution in [3.8, 4) is 0 Å². The van der Waals surface area contributed by atoms with Gasteiger partial charge in [-0.05, 0) is 62.4 Å². The summed E-state index contributed by atoms with van der Waals surface area (Å²) in [6.07, 6.45) is 5.33. The highest BCUT2D eigenvalue weighted by Gasteiger charge is 2.28. The van der Waals surface area contributed by atoms with E-state index in [9.17, 15) is 4.79 Å². The van der Waals surface area contributed by atoms with Gasteiger partial charge in [-0.15, -0.1) is 0 Å². The van der Waals surface area contributed by atoms with Gasteiger partial charge in [0.2, 0.25) is 5.91 Å². The molecule has 1 fully saturated rings. The molecule has 0 radical (unpaired) electrons. The predicted molar refractivity (Wildman–Crippen MR) is 130 cm³/mol. The third kappa shape index (κ3) is 5.49. The molecule has 1 amide bonds. The lowest BCUT2D eigenvalue weighted by Crippen LogP contribution is -2.43. The van der Waals surface area contributed by atoms with Gasteiger partial charge in [-0.2, -0.15) is 0 Å². The van der Waals surface area contributed by atoms with Crippen molar-refractivity contribution < 1.29 is 4.79 Å². The molecule has 2 aromatic carbocycles. The van der Waals surface area contributed by atoms with Crippen LogP contribution in [-0.2, 0) is 11.3 Å². The van der Waals surface area contributed by atoms with Crippen LogP contribution < -0.4 is 10.2 Å². The van der Waals surface area contributed by atoms with Crippen molar-refractivity contribution in [1.29, 1.82) is 0 Å². The number of hydrogen-bond donors (Lipinski definition) is 1. The van der Waals surface area contributed by atoms with Gasteiger partial charge in [-0.25, -0.2) is 9.97 Å². The first-order valence-electron chi connectivity index (χ1n) is 11.1. The molecule has 0 spiro atoms. The number of nitrogens with one attached hydrogen (secondary N) is 1. The highest BCUT2D eigenvalue weighted by atomic mass is 32.2. The van der Waals surface area contributed by atoms with Gasteiger partial charge in [0, 0.05) is 36.9 Å². The van der Waals surface area contributed by atoms with E-state index in [0.29, 0.717) is 13.1 Å². The summed E-state index contributed by atoms with van der Waals surface area (Å²) in [4.78, 5) is 25.5. The summed E-state index contributed by atoms with van der Waals surface area (Å²) in [6.45, 7) is 8.42. The topological polar surface area (TPSA) is 58.1 Å². The summed E-state index contributed by atoms with van der Waals surface area (Å²) >= 11 is 1.63. The van der Waals surface area contributed by atoms with Crippen LogP contribution in [0.3, 0.4) is 0 Å². The van der Waals surface area contributed by atoms with Gasteiger partial charge in [0.15, 0.2) is 5.82 Å². The van der Waals surface area contributed by atoms with Crippen molar-refractivity contribution >= 4 is 23.5 Å². The average molecular weight is 447 g/mol. The molecule has 32 heavy (non-hydrogen) atoms. The summed E-state index contributed by atoms with van der Waals surface area (Å²) in [5.74, 6) is 0.935. The summed E-state index contributed by atoms with van der Waals surface area (Å²) in [5.41, 5.74) is 4.88. The number of rotatable bonds is 6. The molecule has 2 heterocycles. The van der Waals surface area contributed by atoms with E-state index >= 15 is 0 Å². The average Bonchev–Trinajstić information content (AvgIpc) is 2.80. The lowest BCUT2D eigenvalue weighted by atomic mass is 9.97. The number of benzene rings is 2. The molecule has 1 aliphatic heterocycles. The van der Waals surface area contributed by atoms with Crippen molar-refractivity contribution in [1.82, 2.24) is 15.3 Å². The lowest BCUT2D eigenvalue weighted by Gasteiger charge is -2.33. The Bertz CT molecular complexity index is 1100. The zero-order chi connectivity index (χ0) is 22.5. The molecular weight excluding hydrogens is 416 g/mol. The normalized spacial score (nSPS) is 16.1. The first kappa shape index (κ1) is 22.3. The van der Waals surface area contributed by atoms with Crippen LogP contribution in [-0.4, -0.2) is 29.0 Å². The number of hydrogen-bond acceptors (Lipinski definition) is 5. The van der Waals surface area contributed by atoms with Crippen LogP contribution in [0.4, 0.5) is 5.82 Å². The number of carbonyl (C=O) groups is 1. The maximum atomic E-state index is 12.9. The van der Waals surface area contributed by atoms with Crippen LogP contribution in [0.5, 0.6) is 0 Å². The van der Waals surface area contributed by atoms with Gasteiger partial charge in [0.05, 0.1) is 5.92 Å². The minimum Gasteiger partial charge on any atom is -0.354 e. The van der Waals surface area contributed by atoms with E-state index < -0.39 is 0 Å². The van der Waals surface area contributed by atoms with Crippen molar-refractivity contribution in [2.75, 3.05) is 18.0 Å². The molecule has 1 aromatic heterocycles. The molecule has 0 saturated carbocycles. The largest absolute Gasteiger partial charge is 0.354 e. The van der Waals surface area contributed by atoms with Crippen LogP contribution in [0.2, 0.25) is 0 Å². The van der Waals surface area contributed by atoms with Gasteiger partial charge < -0.3 is 10.2 Å². The first-order chi connectivity index (χ1) is 15.5. The summed E-state index contributed by atoms with van der Waals surface area (Å²) < 4.78 is 0. The van der Waals surface area contributed by atoms with Gasteiger partial charge in [0.1, 0.15) is 5.03 Å². The first-order valence-corrected chi connectivity index (χ1v) is 12.0. The highest BCUT2D eigenvalue weighted by molar-refractivity contribution is 7.99. The van der Waals surface area contributed by atoms with Crippen LogP contribution >= 0.6 is 11.8 Å². The summed E-state index contributed by atoms with van der Waals surface area (Å²) in [6, 6.07) is 14.7. The van der Waals surface area contributed by atoms with E-state index in [4.69, 9.17) is 0 Å². The Morgan fingerprint density at radius 2 is 1.94 bits per heavy atom. The van der Waals surface area contributed by atoms with Gasteiger partial charge >= 0.3 is 0 Å². The molecule has 0 aliphatic carbocycles. The molecule has 1 unspecified atom stereocenters. The molecule has 3 aromatic rings. The van der Waals surface area contributed by atoms with Crippen molar-refractivity contribution in [2.45, 2.75) is 50.1 Å². The molecule has 1 N–H and O–H groups in total. The second kappa shape index (κ2) is 10.2. The molecule has 1 saturated heterocycles. The third-order valence-corrected chi connectivity index (χ3v) is 6.95. The van der Waals surface area contributed by atoms with E-state index in [1.807, 2.05) is 0 Å². The second-order valence-corrected chi connectivity index (χ2v) is 9.59. The quantitative estimate of drug-likeness (QED) is 0.572. The lowest BCUT2D eigenvalue weighted by molar-refractivity contribution is -0.125. The Hall–Kier alpha value is -2.86. The van der Waals surface area contributed by atoms with Crippen LogP contribution in [0.15, 0.2) is 64.8 Å². The number of piperidine rings is 1. The monoisotopic (exact) mass is 446 g/mol. The van der Waals surface area contributed by atoms with Crippen molar-refractivity contribution in [2.24, 2.45) is 5.92 Å². The Labute approximate surface area is 194 Å². The van der Waals surface area contributed by atoms with Crippen LogP contribution in [0.25, 0.3) is 0 Å². The molecule has 0 bridgehead atoms. The highest BCUT2D eigenvalue weighted by Crippen LogP contribution is 2.34. The number of aryl methyl sites for hydroxylation is 3. The summed E-state index contributed by atoms with van der Waals surface area (Å²) in [5, 5.41) is 4.02. The maximum absolute atomic E-state index is 12.9. The molecule has 166 valence electrons.